The molecular weight excluding hydrogens is 228 g/mol. The van der Waals surface area contributed by atoms with Gasteiger partial charge in [-0.1, -0.05) is 26.5 Å². The first-order valence-corrected chi connectivity index (χ1v) is 5.97. The van der Waals surface area contributed by atoms with E-state index < -0.39 is 0 Å². The lowest BCUT2D eigenvalue weighted by Crippen LogP contribution is -2.41. The molecule has 0 aromatic carbocycles. The van der Waals surface area contributed by atoms with Crippen LogP contribution in [0.15, 0.2) is 36.3 Å². The van der Waals surface area contributed by atoms with E-state index in [1.807, 2.05) is 26.1 Å². The lowest BCUT2D eigenvalue weighted by Gasteiger charge is -2.33. The van der Waals surface area contributed by atoms with Gasteiger partial charge in [0.05, 0.1) is 12.8 Å². The van der Waals surface area contributed by atoms with E-state index in [0.717, 1.165) is 11.5 Å². The summed E-state index contributed by atoms with van der Waals surface area (Å²) < 4.78 is 10.8. The number of allylic oxidation sites excluding steroid dienone is 2. The van der Waals surface area contributed by atoms with Gasteiger partial charge < -0.3 is 14.9 Å². The molecule has 0 heterocycles. The number of rotatable bonds is 8. The van der Waals surface area contributed by atoms with Crippen LogP contribution in [0.3, 0.4) is 0 Å². The molecule has 0 amide bonds. The quantitative estimate of drug-likeness (QED) is 0.396. The number of hydrogen-bond donors (Lipinski definition) is 2. The van der Waals surface area contributed by atoms with E-state index in [2.05, 4.69) is 31.3 Å². The molecule has 1 atom stereocenters. The summed E-state index contributed by atoms with van der Waals surface area (Å²) in [6.45, 7) is 9.87. The van der Waals surface area contributed by atoms with E-state index in [1.54, 1.807) is 20.3 Å². The van der Waals surface area contributed by atoms with Crippen molar-refractivity contribution in [1.29, 1.82) is 0 Å². The molecule has 104 valence electrons. The molecule has 0 bridgehead atoms. The molecule has 1 unspecified atom stereocenters. The smallest absolute Gasteiger partial charge is 0.114 e. The highest BCUT2D eigenvalue weighted by Gasteiger charge is 2.31. The third kappa shape index (κ3) is 4.55. The van der Waals surface area contributed by atoms with Crippen LogP contribution in [-0.4, -0.2) is 27.4 Å². The van der Waals surface area contributed by atoms with Crippen LogP contribution >= 0.6 is 0 Å². The molecular formula is C14H26N2O2. The van der Waals surface area contributed by atoms with Crippen molar-refractivity contribution in [1.82, 2.24) is 10.9 Å². The van der Waals surface area contributed by atoms with Gasteiger partial charge in [-0.2, -0.15) is 0 Å². The lowest BCUT2D eigenvalue weighted by molar-refractivity contribution is 0.0512. The molecule has 0 saturated carbocycles. The molecule has 0 aliphatic heterocycles. The molecule has 0 saturated heterocycles. The van der Waals surface area contributed by atoms with Gasteiger partial charge in [0.2, 0.25) is 0 Å². The normalized spacial score (nSPS) is 15.2. The fourth-order valence-electron chi connectivity index (χ4n) is 1.91. The van der Waals surface area contributed by atoms with Gasteiger partial charge in [-0.3, -0.25) is 0 Å². The zero-order chi connectivity index (χ0) is 14.2. The predicted molar refractivity (Wildman–Crippen MR) is 75.8 cm³/mol. The Morgan fingerprint density at radius 3 is 2.28 bits per heavy atom. The maximum Gasteiger partial charge on any atom is 0.114 e. The van der Waals surface area contributed by atoms with Gasteiger partial charge in [0.15, 0.2) is 0 Å². The van der Waals surface area contributed by atoms with Crippen LogP contribution in [0.25, 0.3) is 0 Å². The monoisotopic (exact) mass is 254 g/mol. The Bertz CT molecular complexity index is 320. The molecule has 0 fully saturated rings. The van der Waals surface area contributed by atoms with E-state index in [0.29, 0.717) is 0 Å². The van der Waals surface area contributed by atoms with Crippen LogP contribution in [0.1, 0.15) is 20.8 Å². The van der Waals surface area contributed by atoms with Gasteiger partial charge in [0.25, 0.3) is 0 Å². The summed E-state index contributed by atoms with van der Waals surface area (Å²) >= 11 is 0. The minimum atomic E-state index is -0.236. The topological polar surface area (TPSA) is 42.5 Å². The molecule has 2 N–H and O–H groups in total. The summed E-state index contributed by atoms with van der Waals surface area (Å²) in [5.41, 5.74) is 6.74. The van der Waals surface area contributed by atoms with Crippen molar-refractivity contribution < 1.29 is 9.47 Å². The second-order valence-corrected chi connectivity index (χ2v) is 4.51. The van der Waals surface area contributed by atoms with Gasteiger partial charge in [0.1, 0.15) is 11.9 Å². The molecule has 4 heteroatoms. The molecule has 0 aliphatic rings. The second kappa shape index (κ2) is 7.95. The zero-order valence-corrected chi connectivity index (χ0v) is 12.3. The Morgan fingerprint density at radius 1 is 1.33 bits per heavy atom. The maximum atomic E-state index is 5.61. The first-order chi connectivity index (χ1) is 8.46. The van der Waals surface area contributed by atoms with Gasteiger partial charge in [-0.15, -0.1) is 0 Å². The number of methoxy groups -OCH3 is 2. The minimum Gasteiger partial charge on any atom is -0.497 e. The van der Waals surface area contributed by atoms with Crippen LogP contribution in [0.2, 0.25) is 0 Å². The standard InChI is InChI=1S/C14H26N2O2/c1-8-11(17-6)10-14(3,4)13(18-7)12(9-2)16-15-5/h8-10,13,15-16H,1H2,2-7H3/b11-10+,12-9+. The highest BCUT2D eigenvalue weighted by molar-refractivity contribution is 5.19. The SMILES string of the molecule is C=C/C(=C\C(C)(C)C(OC)/C(=C\C)NNC)OC. The molecule has 0 radical (unpaired) electrons. The Balaban J connectivity index is 5.25. The lowest BCUT2D eigenvalue weighted by atomic mass is 9.83. The van der Waals surface area contributed by atoms with Crippen LogP contribution < -0.4 is 10.9 Å². The molecule has 0 rings (SSSR count). The van der Waals surface area contributed by atoms with Crippen molar-refractivity contribution in [2.24, 2.45) is 5.41 Å². The van der Waals surface area contributed by atoms with Crippen molar-refractivity contribution >= 4 is 0 Å². The van der Waals surface area contributed by atoms with E-state index in [4.69, 9.17) is 9.47 Å². The Morgan fingerprint density at radius 2 is 1.94 bits per heavy atom. The highest BCUT2D eigenvalue weighted by atomic mass is 16.5. The maximum absolute atomic E-state index is 5.61. The summed E-state index contributed by atoms with van der Waals surface area (Å²) in [5.74, 6) is 0.738. The summed E-state index contributed by atoms with van der Waals surface area (Å²) in [4.78, 5) is 0. The zero-order valence-electron chi connectivity index (χ0n) is 12.3. The van der Waals surface area contributed by atoms with Crippen LogP contribution in [0.4, 0.5) is 0 Å². The second-order valence-electron chi connectivity index (χ2n) is 4.51. The summed E-state index contributed by atoms with van der Waals surface area (Å²) in [5, 5.41) is 0. The Hall–Kier alpha value is -1.26. The minimum absolute atomic E-state index is 0.111. The van der Waals surface area contributed by atoms with Crippen molar-refractivity contribution in [3.63, 3.8) is 0 Å². The third-order valence-corrected chi connectivity index (χ3v) is 2.73. The van der Waals surface area contributed by atoms with Gasteiger partial charge in [-0.05, 0) is 19.1 Å². The average Bonchev–Trinajstić information content (AvgIpc) is 2.35. The summed E-state index contributed by atoms with van der Waals surface area (Å²) in [6, 6.07) is 0. The molecule has 18 heavy (non-hydrogen) atoms. The number of hydrogen-bond acceptors (Lipinski definition) is 4. The van der Waals surface area contributed by atoms with Crippen molar-refractivity contribution in [3.8, 4) is 0 Å². The first kappa shape index (κ1) is 16.7. The Labute approximate surface area is 111 Å². The first-order valence-electron chi connectivity index (χ1n) is 5.97. The molecule has 0 aromatic heterocycles. The van der Waals surface area contributed by atoms with Gasteiger partial charge in [-0.25, -0.2) is 5.43 Å². The third-order valence-electron chi connectivity index (χ3n) is 2.73. The van der Waals surface area contributed by atoms with Crippen LogP contribution in [0, 0.1) is 5.41 Å². The fourth-order valence-corrected chi connectivity index (χ4v) is 1.91. The summed E-state index contributed by atoms with van der Waals surface area (Å²) in [7, 11) is 5.15. The van der Waals surface area contributed by atoms with Crippen molar-refractivity contribution in [3.05, 3.63) is 36.3 Å². The van der Waals surface area contributed by atoms with E-state index in [-0.39, 0.29) is 11.5 Å². The van der Waals surface area contributed by atoms with Crippen molar-refractivity contribution in [2.45, 2.75) is 26.9 Å². The van der Waals surface area contributed by atoms with E-state index in [9.17, 15) is 0 Å². The Kier molecular flexibility index (Phi) is 7.39. The molecule has 0 spiro atoms. The number of ether oxygens (including phenoxy) is 2. The molecule has 0 aromatic rings. The number of hydrazine groups is 1. The van der Waals surface area contributed by atoms with Gasteiger partial charge >= 0.3 is 0 Å². The van der Waals surface area contributed by atoms with Crippen molar-refractivity contribution in [2.75, 3.05) is 21.3 Å². The van der Waals surface area contributed by atoms with Gasteiger partial charge in [0, 0.05) is 19.6 Å². The molecule has 4 nitrogen and oxygen atoms in total. The summed E-state index contributed by atoms with van der Waals surface area (Å²) in [6.07, 6.45) is 5.57. The number of nitrogens with one attached hydrogen (secondary N) is 2. The average molecular weight is 254 g/mol. The largest absolute Gasteiger partial charge is 0.497 e. The van der Waals surface area contributed by atoms with E-state index in [1.165, 1.54) is 0 Å². The highest BCUT2D eigenvalue weighted by Crippen LogP contribution is 2.30. The predicted octanol–water partition coefficient (Wildman–Crippen LogP) is 2.37. The van der Waals surface area contributed by atoms with Crippen LogP contribution in [-0.2, 0) is 9.47 Å². The van der Waals surface area contributed by atoms with E-state index >= 15 is 0 Å². The van der Waals surface area contributed by atoms with Crippen LogP contribution in [0.5, 0.6) is 0 Å². The fraction of sp³-hybridized carbons (Fsp3) is 0.571. The molecule has 0 aliphatic carbocycles.